The zero-order valence-electron chi connectivity index (χ0n) is 14.9. The van der Waals surface area contributed by atoms with E-state index in [2.05, 4.69) is 4.98 Å². The molecular formula is C18H21N3O5S. The fourth-order valence-electron chi connectivity index (χ4n) is 2.36. The number of thioether (sulfide) groups is 1. The number of rotatable bonds is 9. The van der Waals surface area contributed by atoms with Crippen LogP contribution in [0.15, 0.2) is 44.8 Å². The Labute approximate surface area is 159 Å². The molecule has 1 aromatic heterocycles. The molecule has 1 aromatic carbocycles. The van der Waals surface area contributed by atoms with Crippen LogP contribution in [-0.2, 0) is 16.1 Å². The number of nitrogens with two attached hydrogens (primary N) is 1. The monoisotopic (exact) mass is 391 g/mol. The Hall–Kier alpha value is -2.81. The highest BCUT2D eigenvalue weighted by Gasteiger charge is 2.20. The Bertz CT molecular complexity index is 921. The number of H-pyrrole nitrogens is 1. The van der Waals surface area contributed by atoms with E-state index in [9.17, 15) is 19.2 Å². The largest absolute Gasteiger partial charge is 0.457 e. The van der Waals surface area contributed by atoms with Gasteiger partial charge in [0.1, 0.15) is 11.4 Å². The molecular weight excluding hydrogens is 370 g/mol. The molecule has 0 radical (unpaired) electrons. The number of nitrogens with zero attached hydrogens (tertiary/aromatic N) is 1. The summed E-state index contributed by atoms with van der Waals surface area (Å²) in [5.41, 5.74) is 3.88. The fraction of sp³-hybridized carbons (Fsp3) is 0.333. The van der Waals surface area contributed by atoms with Gasteiger partial charge in [0.15, 0.2) is 6.61 Å². The fourth-order valence-corrected chi connectivity index (χ4v) is 3.22. The molecule has 0 fully saturated rings. The van der Waals surface area contributed by atoms with E-state index in [0.29, 0.717) is 12.2 Å². The second-order valence-corrected chi connectivity index (χ2v) is 6.83. The van der Waals surface area contributed by atoms with Gasteiger partial charge in [0.05, 0.1) is 6.42 Å². The molecule has 0 bridgehead atoms. The molecule has 9 heteroatoms. The smallest absolute Gasteiger partial charge is 0.329 e. The Balaban J connectivity index is 1.93. The molecule has 0 aliphatic carbocycles. The molecule has 0 spiro atoms. The number of esters is 1. The van der Waals surface area contributed by atoms with Crippen molar-refractivity contribution in [1.82, 2.24) is 9.55 Å². The predicted molar refractivity (Wildman–Crippen MR) is 103 cm³/mol. The van der Waals surface area contributed by atoms with Crippen molar-refractivity contribution in [3.63, 3.8) is 0 Å². The van der Waals surface area contributed by atoms with E-state index in [0.717, 1.165) is 9.46 Å². The third-order valence-corrected chi connectivity index (χ3v) is 4.66. The third-order valence-electron chi connectivity index (χ3n) is 3.65. The highest BCUT2D eigenvalue weighted by molar-refractivity contribution is 7.99. The summed E-state index contributed by atoms with van der Waals surface area (Å²) in [5.74, 6) is -1.01. The van der Waals surface area contributed by atoms with Gasteiger partial charge in [-0.15, -0.1) is 11.8 Å². The molecule has 0 saturated heterocycles. The minimum absolute atomic E-state index is 0.119. The number of aromatic nitrogens is 2. The van der Waals surface area contributed by atoms with Gasteiger partial charge in [0.25, 0.3) is 5.56 Å². The average molecular weight is 391 g/mol. The van der Waals surface area contributed by atoms with Crippen LogP contribution >= 0.6 is 11.8 Å². The number of anilines is 1. The quantitative estimate of drug-likeness (QED) is 0.376. The van der Waals surface area contributed by atoms with Gasteiger partial charge in [0.2, 0.25) is 5.78 Å². The first kappa shape index (κ1) is 20.5. The highest BCUT2D eigenvalue weighted by atomic mass is 32.2. The zero-order chi connectivity index (χ0) is 19.8. The van der Waals surface area contributed by atoms with Gasteiger partial charge in [-0.25, -0.2) is 4.79 Å². The van der Waals surface area contributed by atoms with E-state index < -0.39 is 29.6 Å². The number of aromatic amines is 1. The first-order valence-electron chi connectivity index (χ1n) is 8.43. The summed E-state index contributed by atoms with van der Waals surface area (Å²) in [6, 6.07) is 9.57. The van der Waals surface area contributed by atoms with Crippen molar-refractivity contribution in [1.29, 1.82) is 0 Å². The molecule has 0 aliphatic rings. The average Bonchev–Trinajstić information content (AvgIpc) is 2.64. The molecule has 0 atom stereocenters. The second kappa shape index (κ2) is 9.77. The molecule has 8 nitrogen and oxygen atoms in total. The lowest BCUT2D eigenvalue weighted by Gasteiger charge is -2.11. The van der Waals surface area contributed by atoms with Crippen LogP contribution in [0.2, 0.25) is 0 Å². The maximum atomic E-state index is 12.3. The molecule has 0 saturated carbocycles. The lowest BCUT2D eigenvalue weighted by atomic mass is 10.2. The van der Waals surface area contributed by atoms with E-state index in [4.69, 9.17) is 10.5 Å². The second-order valence-electron chi connectivity index (χ2n) is 5.67. The molecule has 1 heterocycles. The number of hydrogen-bond acceptors (Lipinski definition) is 7. The van der Waals surface area contributed by atoms with Crippen LogP contribution in [0.25, 0.3) is 0 Å². The lowest BCUT2D eigenvalue weighted by Crippen LogP contribution is -2.37. The summed E-state index contributed by atoms with van der Waals surface area (Å²) >= 11 is 1.49. The van der Waals surface area contributed by atoms with Gasteiger partial charge < -0.3 is 10.5 Å². The topological polar surface area (TPSA) is 124 Å². The van der Waals surface area contributed by atoms with E-state index in [1.807, 2.05) is 37.3 Å². The summed E-state index contributed by atoms with van der Waals surface area (Å²) in [6.45, 7) is 1.48. The molecule has 144 valence electrons. The number of carbonyl (C=O) groups excluding carboxylic acids is 2. The van der Waals surface area contributed by atoms with Gasteiger partial charge in [-0.2, -0.15) is 0 Å². The van der Waals surface area contributed by atoms with Gasteiger partial charge in [0, 0.05) is 17.2 Å². The number of hydrogen-bond donors (Lipinski definition) is 2. The lowest BCUT2D eigenvalue weighted by molar-refractivity contribution is -0.141. The van der Waals surface area contributed by atoms with E-state index in [1.165, 1.54) is 11.8 Å². The number of nitrogen functional groups attached to an aromatic ring is 1. The van der Waals surface area contributed by atoms with Crippen LogP contribution in [0.1, 0.15) is 30.1 Å². The number of carbonyl (C=O) groups is 2. The number of ether oxygens (including phenoxy) is 1. The molecule has 0 aliphatic heterocycles. The van der Waals surface area contributed by atoms with Gasteiger partial charge in [-0.3, -0.25) is 23.9 Å². The van der Waals surface area contributed by atoms with Gasteiger partial charge in [-0.1, -0.05) is 25.1 Å². The van der Waals surface area contributed by atoms with Crippen LogP contribution in [0.5, 0.6) is 0 Å². The molecule has 2 aromatic rings. The van der Waals surface area contributed by atoms with Crippen molar-refractivity contribution in [3.05, 3.63) is 56.7 Å². The van der Waals surface area contributed by atoms with Crippen LogP contribution < -0.4 is 17.0 Å². The Morgan fingerprint density at radius 3 is 2.59 bits per heavy atom. The number of ketones is 1. The van der Waals surface area contributed by atoms with Crippen LogP contribution in [-0.4, -0.2) is 33.7 Å². The van der Waals surface area contributed by atoms with E-state index in [1.54, 1.807) is 0 Å². The van der Waals surface area contributed by atoms with Crippen molar-refractivity contribution >= 4 is 29.3 Å². The minimum atomic E-state index is -0.884. The summed E-state index contributed by atoms with van der Waals surface area (Å²) in [6.07, 6.45) is 0.714. The van der Waals surface area contributed by atoms with E-state index >= 15 is 0 Å². The first-order chi connectivity index (χ1) is 12.9. The summed E-state index contributed by atoms with van der Waals surface area (Å²) in [5, 5.41) is 0. The van der Waals surface area contributed by atoms with Crippen molar-refractivity contribution in [3.8, 4) is 0 Å². The molecule has 2 rings (SSSR count). The molecule has 0 amide bonds. The minimum Gasteiger partial charge on any atom is -0.457 e. The van der Waals surface area contributed by atoms with Crippen molar-refractivity contribution in [2.75, 3.05) is 18.1 Å². The van der Waals surface area contributed by atoms with Crippen molar-refractivity contribution in [2.24, 2.45) is 0 Å². The zero-order valence-corrected chi connectivity index (χ0v) is 15.7. The Kier molecular flexibility index (Phi) is 7.42. The molecule has 3 N–H and O–H groups in total. The van der Waals surface area contributed by atoms with Crippen LogP contribution in [0.4, 0.5) is 5.82 Å². The van der Waals surface area contributed by atoms with Gasteiger partial charge >= 0.3 is 11.7 Å². The first-order valence-corrected chi connectivity index (χ1v) is 9.41. The van der Waals surface area contributed by atoms with Crippen molar-refractivity contribution in [2.45, 2.75) is 31.2 Å². The summed E-state index contributed by atoms with van der Waals surface area (Å²) in [4.78, 5) is 50.8. The molecule has 27 heavy (non-hydrogen) atoms. The Morgan fingerprint density at radius 2 is 1.93 bits per heavy atom. The number of Topliss-reactive ketones (excluding diaryl/α,β-unsaturated/α-hetero) is 1. The highest BCUT2D eigenvalue weighted by Crippen LogP contribution is 2.17. The SMILES string of the molecule is CCCn1c(N)c(C(=O)COC(=O)CCSc2ccccc2)c(=O)[nH]c1=O. The van der Waals surface area contributed by atoms with Crippen molar-refractivity contribution < 1.29 is 14.3 Å². The standard InChI is InChI=1S/C18H21N3O5S/c1-2-9-21-16(19)15(17(24)20-18(21)25)13(22)11-26-14(23)8-10-27-12-6-4-3-5-7-12/h3-7H,2,8-11,19H2,1H3,(H,20,24,25). The number of nitrogens with one attached hydrogen (secondary N) is 1. The van der Waals surface area contributed by atoms with Gasteiger partial charge in [-0.05, 0) is 18.6 Å². The third kappa shape index (κ3) is 5.58. The number of benzene rings is 1. The Morgan fingerprint density at radius 1 is 1.22 bits per heavy atom. The summed E-state index contributed by atoms with van der Waals surface area (Å²) < 4.78 is 6.06. The van der Waals surface area contributed by atoms with Crippen LogP contribution in [0, 0.1) is 0 Å². The predicted octanol–water partition coefficient (Wildman–Crippen LogP) is 1.44. The molecule has 0 unspecified atom stereocenters. The maximum Gasteiger partial charge on any atom is 0.329 e. The van der Waals surface area contributed by atoms with Crippen LogP contribution in [0.3, 0.4) is 0 Å². The summed E-state index contributed by atoms with van der Waals surface area (Å²) in [7, 11) is 0. The normalized spacial score (nSPS) is 10.6. The van der Waals surface area contributed by atoms with E-state index in [-0.39, 0.29) is 24.3 Å². The maximum absolute atomic E-state index is 12.3.